The van der Waals surface area contributed by atoms with E-state index >= 15 is 0 Å². The first-order valence-electron chi connectivity index (χ1n) is 4.22. The average Bonchev–Trinajstić information content (AvgIpc) is 2.56. The molecule has 0 aromatic carbocycles. The summed E-state index contributed by atoms with van der Waals surface area (Å²) in [5, 5.41) is 11.7. The summed E-state index contributed by atoms with van der Waals surface area (Å²) in [7, 11) is 0. The Morgan fingerprint density at radius 3 is 2.85 bits per heavy atom. The minimum absolute atomic E-state index is 0.0381. The molecule has 1 N–H and O–H groups in total. The van der Waals surface area contributed by atoms with Crippen LogP contribution in [0, 0.1) is 0 Å². The fourth-order valence-corrected chi connectivity index (χ4v) is 1.91. The van der Waals surface area contributed by atoms with Gasteiger partial charge < -0.3 is 5.11 Å². The van der Waals surface area contributed by atoms with Crippen molar-refractivity contribution in [3.8, 4) is 0 Å². The van der Waals surface area contributed by atoms with Gasteiger partial charge in [-0.3, -0.25) is 4.90 Å². The third-order valence-electron chi connectivity index (χ3n) is 1.98. The summed E-state index contributed by atoms with van der Waals surface area (Å²) in [6, 6.07) is 3.72. The van der Waals surface area contributed by atoms with Gasteiger partial charge >= 0.3 is 6.09 Å². The van der Waals surface area contributed by atoms with Crippen molar-refractivity contribution in [3.63, 3.8) is 0 Å². The van der Waals surface area contributed by atoms with Crippen LogP contribution in [-0.2, 0) is 0 Å². The van der Waals surface area contributed by atoms with Crippen LogP contribution in [0.5, 0.6) is 0 Å². The van der Waals surface area contributed by atoms with Crippen molar-refractivity contribution in [1.29, 1.82) is 0 Å². The summed E-state index contributed by atoms with van der Waals surface area (Å²) >= 11 is 1.45. The zero-order chi connectivity index (χ0) is 9.84. The molecule has 0 aliphatic carbocycles. The fraction of sp³-hybridized carbons (Fsp3) is 0.444. The Morgan fingerprint density at radius 1 is 1.77 bits per heavy atom. The standard InChI is InChI=1S/C9H13NO2S/c1-3-7(2)10(9(11)12)8-5-4-6-13-8/h4-7H,3H2,1-2H3,(H,11,12). The molecule has 0 saturated carbocycles. The molecule has 1 atom stereocenters. The number of hydrogen-bond donors (Lipinski definition) is 1. The number of hydrogen-bond acceptors (Lipinski definition) is 2. The average molecular weight is 199 g/mol. The van der Waals surface area contributed by atoms with E-state index in [1.165, 1.54) is 16.2 Å². The molecule has 0 aliphatic rings. The minimum atomic E-state index is -0.878. The largest absolute Gasteiger partial charge is 0.465 e. The van der Waals surface area contributed by atoms with Crippen LogP contribution in [0.2, 0.25) is 0 Å². The maximum atomic E-state index is 10.9. The number of anilines is 1. The summed E-state index contributed by atoms with van der Waals surface area (Å²) in [5.74, 6) is 0. The van der Waals surface area contributed by atoms with Gasteiger partial charge in [0.05, 0.1) is 0 Å². The summed E-state index contributed by atoms with van der Waals surface area (Å²) < 4.78 is 0. The van der Waals surface area contributed by atoms with E-state index in [9.17, 15) is 4.79 Å². The van der Waals surface area contributed by atoms with Crippen LogP contribution in [0.1, 0.15) is 20.3 Å². The van der Waals surface area contributed by atoms with Crippen molar-refractivity contribution in [2.24, 2.45) is 0 Å². The molecule has 4 heteroatoms. The molecule has 1 rings (SSSR count). The minimum Gasteiger partial charge on any atom is -0.465 e. The third kappa shape index (κ3) is 2.21. The normalized spacial score (nSPS) is 12.5. The van der Waals surface area contributed by atoms with Gasteiger partial charge in [0.2, 0.25) is 0 Å². The van der Waals surface area contributed by atoms with E-state index in [0.29, 0.717) is 0 Å². The number of rotatable bonds is 3. The number of thiophene rings is 1. The van der Waals surface area contributed by atoms with Crippen LogP contribution in [-0.4, -0.2) is 17.2 Å². The number of nitrogens with zero attached hydrogens (tertiary/aromatic N) is 1. The van der Waals surface area contributed by atoms with Gasteiger partial charge in [-0.25, -0.2) is 4.79 Å². The SMILES string of the molecule is CCC(C)N(C(=O)O)c1cccs1. The van der Waals surface area contributed by atoms with Crippen molar-refractivity contribution in [1.82, 2.24) is 0 Å². The first kappa shape index (κ1) is 10.1. The molecule has 3 nitrogen and oxygen atoms in total. The predicted molar refractivity (Wildman–Crippen MR) is 54.6 cm³/mol. The van der Waals surface area contributed by atoms with Crippen LogP contribution in [0.4, 0.5) is 9.80 Å². The maximum absolute atomic E-state index is 10.9. The lowest BCUT2D eigenvalue weighted by atomic mass is 10.2. The number of carboxylic acid groups (broad SMARTS) is 1. The van der Waals surface area contributed by atoms with E-state index in [1.54, 1.807) is 0 Å². The molecule has 1 aromatic rings. The Hall–Kier alpha value is -1.03. The van der Waals surface area contributed by atoms with Gasteiger partial charge in [0.25, 0.3) is 0 Å². The first-order chi connectivity index (χ1) is 6.16. The summed E-state index contributed by atoms with van der Waals surface area (Å²) in [4.78, 5) is 12.3. The Bertz CT molecular complexity index is 271. The van der Waals surface area contributed by atoms with E-state index in [0.717, 1.165) is 11.4 Å². The molecule has 1 heterocycles. The van der Waals surface area contributed by atoms with Crippen molar-refractivity contribution >= 4 is 22.4 Å². The Labute approximate surface area is 81.6 Å². The molecule has 13 heavy (non-hydrogen) atoms. The van der Waals surface area contributed by atoms with Gasteiger partial charge in [0.15, 0.2) is 0 Å². The van der Waals surface area contributed by atoms with Crippen LogP contribution < -0.4 is 4.90 Å². The zero-order valence-electron chi connectivity index (χ0n) is 7.73. The molecule has 0 fully saturated rings. The Kier molecular flexibility index (Phi) is 3.31. The van der Waals surface area contributed by atoms with Gasteiger partial charge in [-0.05, 0) is 30.9 Å². The van der Waals surface area contributed by atoms with Gasteiger partial charge in [0.1, 0.15) is 5.00 Å². The number of carbonyl (C=O) groups is 1. The predicted octanol–water partition coefficient (Wildman–Crippen LogP) is 3.03. The van der Waals surface area contributed by atoms with Crippen LogP contribution in [0.25, 0.3) is 0 Å². The summed E-state index contributed by atoms with van der Waals surface area (Å²) in [6.07, 6.45) is -0.0544. The van der Waals surface area contributed by atoms with Crippen molar-refractivity contribution < 1.29 is 9.90 Å². The number of amides is 1. The van der Waals surface area contributed by atoms with Gasteiger partial charge in [-0.15, -0.1) is 11.3 Å². The second kappa shape index (κ2) is 4.28. The highest BCUT2D eigenvalue weighted by molar-refractivity contribution is 7.14. The van der Waals surface area contributed by atoms with Gasteiger partial charge in [-0.2, -0.15) is 0 Å². The van der Waals surface area contributed by atoms with Crippen LogP contribution in [0.3, 0.4) is 0 Å². The van der Waals surface area contributed by atoms with Crippen molar-refractivity contribution in [3.05, 3.63) is 17.5 Å². The topological polar surface area (TPSA) is 40.5 Å². The highest BCUT2D eigenvalue weighted by Crippen LogP contribution is 2.24. The maximum Gasteiger partial charge on any atom is 0.412 e. The quantitative estimate of drug-likeness (QED) is 0.812. The van der Waals surface area contributed by atoms with Crippen LogP contribution >= 0.6 is 11.3 Å². The third-order valence-corrected chi connectivity index (χ3v) is 2.85. The molecule has 0 saturated heterocycles. The van der Waals surface area contributed by atoms with E-state index in [2.05, 4.69) is 0 Å². The lowest BCUT2D eigenvalue weighted by Gasteiger charge is -2.23. The highest BCUT2D eigenvalue weighted by atomic mass is 32.1. The second-order valence-electron chi connectivity index (χ2n) is 2.86. The van der Waals surface area contributed by atoms with Gasteiger partial charge in [0, 0.05) is 6.04 Å². The molecular weight excluding hydrogens is 186 g/mol. The Balaban J connectivity index is 2.87. The van der Waals surface area contributed by atoms with E-state index in [-0.39, 0.29) is 6.04 Å². The monoisotopic (exact) mass is 199 g/mol. The van der Waals surface area contributed by atoms with Crippen LogP contribution in [0.15, 0.2) is 17.5 Å². The summed E-state index contributed by atoms with van der Waals surface area (Å²) in [5.41, 5.74) is 0. The lowest BCUT2D eigenvalue weighted by Crippen LogP contribution is -2.36. The molecule has 0 bridgehead atoms. The molecule has 0 aliphatic heterocycles. The molecule has 72 valence electrons. The summed E-state index contributed by atoms with van der Waals surface area (Å²) in [6.45, 7) is 3.89. The Morgan fingerprint density at radius 2 is 2.46 bits per heavy atom. The molecule has 1 unspecified atom stereocenters. The fourth-order valence-electron chi connectivity index (χ4n) is 1.09. The van der Waals surface area contributed by atoms with Crippen molar-refractivity contribution in [2.75, 3.05) is 4.90 Å². The molecular formula is C9H13NO2S. The zero-order valence-corrected chi connectivity index (χ0v) is 8.54. The molecule has 0 spiro atoms. The second-order valence-corrected chi connectivity index (χ2v) is 3.79. The first-order valence-corrected chi connectivity index (χ1v) is 5.10. The molecule has 1 aromatic heterocycles. The van der Waals surface area contributed by atoms with Crippen molar-refractivity contribution in [2.45, 2.75) is 26.3 Å². The lowest BCUT2D eigenvalue weighted by molar-refractivity contribution is 0.199. The molecule has 0 radical (unpaired) electrons. The molecule has 1 amide bonds. The smallest absolute Gasteiger partial charge is 0.412 e. The van der Waals surface area contributed by atoms with E-state index in [1.807, 2.05) is 31.4 Å². The highest BCUT2D eigenvalue weighted by Gasteiger charge is 2.20. The van der Waals surface area contributed by atoms with E-state index < -0.39 is 6.09 Å². The van der Waals surface area contributed by atoms with Gasteiger partial charge in [-0.1, -0.05) is 6.92 Å². The van der Waals surface area contributed by atoms with E-state index in [4.69, 9.17) is 5.11 Å².